The second-order valence-electron chi connectivity index (χ2n) is 7.31. The van der Waals surface area contributed by atoms with Crippen LogP contribution >= 0.6 is 23.2 Å². The maximum atomic E-state index is 13.8. The number of rotatable bonds is 5. The van der Waals surface area contributed by atoms with Gasteiger partial charge in [0.15, 0.2) is 9.84 Å². The van der Waals surface area contributed by atoms with Crippen LogP contribution in [0.25, 0.3) is 10.9 Å². The van der Waals surface area contributed by atoms with Gasteiger partial charge in [-0.1, -0.05) is 59.6 Å². The average Bonchev–Trinajstić information content (AvgIpc) is 3.10. The fourth-order valence-corrected chi connectivity index (χ4v) is 4.90. The van der Waals surface area contributed by atoms with Gasteiger partial charge in [-0.25, -0.2) is 12.8 Å². The van der Waals surface area contributed by atoms with Crippen LogP contribution in [0.1, 0.15) is 28.2 Å². The van der Waals surface area contributed by atoms with Gasteiger partial charge in [0, 0.05) is 34.3 Å². The van der Waals surface area contributed by atoms with Gasteiger partial charge in [0.1, 0.15) is 5.82 Å². The molecule has 0 saturated heterocycles. The van der Waals surface area contributed by atoms with E-state index in [2.05, 4.69) is 4.98 Å². The average molecular weight is 462 g/mol. The first-order valence-electron chi connectivity index (χ1n) is 9.20. The minimum atomic E-state index is -3.19. The summed E-state index contributed by atoms with van der Waals surface area (Å²) in [7, 11) is -3.19. The lowest BCUT2D eigenvalue weighted by atomic mass is 9.85. The Bertz CT molecular complexity index is 1330. The molecule has 30 heavy (non-hydrogen) atoms. The predicted octanol–water partition coefficient (Wildman–Crippen LogP) is 6.34. The zero-order valence-electron chi connectivity index (χ0n) is 16.0. The van der Waals surface area contributed by atoms with Crippen molar-refractivity contribution < 1.29 is 12.8 Å². The second kappa shape index (κ2) is 8.06. The molecule has 154 valence electrons. The van der Waals surface area contributed by atoms with Gasteiger partial charge in [0.25, 0.3) is 0 Å². The number of hydrogen-bond donors (Lipinski definition) is 1. The summed E-state index contributed by atoms with van der Waals surface area (Å²) >= 11 is 12.2. The maximum Gasteiger partial charge on any atom is 0.151 e. The fraction of sp³-hybridized carbons (Fsp3) is 0.130. The van der Waals surface area contributed by atoms with Crippen molar-refractivity contribution in [3.8, 4) is 0 Å². The van der Waals surface area contributed by atoms with Crippen LogP contribution < -0.4 is 0 Å². The van der Waals surface area contributed by atoms with Crippen molar-refractivity contribution in [2.75, 3.05) is 6.26 Å². The number of hydrogen-bond acceptors (Lipinski definition) is 2. The summed E-state index contributed by atoms with van der Waals surface area (Å²) in [5.41, 5.74) is 4.18. The Labute approximate surface area is 184 Å². The first-order chi connectivity index (χ1) is 14.2. The summed E-state index contributed by atoms with van der Waals surface area (Å²) in [5.74, 6) is -0.787. The highest BCUT2D eigenvalue weighted by molar-refractivity contribution is 7.89. The molecule has 0 aliphatic heterocycles. The summed E-state index contributed by atoms with van der Waals surface area (Å²) in [6, 6.07) is 17.7. The second-order valence-corrected chi connectivity index (χ2v) is 10.3. The van der Waals surface area contributed by atoms with Gasteiger partial charge in [-0.3, -0.25) is 0 Å². The van der Waals surface area contributed by atoms with E-state index in [4.69, 9.17) is 23.2 Å². The Morgan fingerprint density at radius 3 is 2.37 bits per heavy atom. The van der Waals surface area contributed by atoms with Gasteiger partial charge in [-0.15, -0.1) is 0 Å². The van der Waals surface area contributed by atoms with Crippen LogP contribution in [0, 0.1) is 5.82 Å². The van der Waals surface area contributed by atoms with Crippen molar-refractivity contribution in [2.45, 2.75) is 11.7 Å². The molecule has 0 bridgehead atoms. The molecular weight excluding hydrogens is 444 g/mol. The largest absolute Gasteiger partial charge is 0.361 e. The van der Waals surface area contributed by atoms with Crippen LogP contribution in [0.2, 0.25) is 10.0 Å². The molecular formula is C23H18Cl2FNO2S. The van der Waals surface area contributed by atoms with Gasteiger partial charge >= 0.3 is 0 Å². The van der Waals surface area contributed by atoms with Crippen molar-refractivity contribution in [2.24, 2.45) is 0 Å². The smallest absolute Gasteiger partial charge is 0.151 e. The first-order valence-corrected chi connectivity index (χ1v) is 12.0. The summed E-state index contributed by atoms with van der Waals surface area (Å²) < 4.78 is 37.5. The van der Waals surface area contributed by atoms with Crippen molar-refractivity contribution in [3.63, 3.8) is 0 Å². The van der Waals surface area contributed by atoms with Crippen LogP contribution in [0.15, 0.2) is 66.9 Å². The molecule has 1 atom stereocenters. The number of aromatic nitrogens is 1. The number of sulfone groups is 1. The lowest BCUT2D eigenvalue weighted by Crippen LogP contribution is -2.04. The highest BCUT2D eigenvalue weighted by atomic mass is 35.5. The zero-order valence-corrected chi connectivity index (χ0v) is 18.3. The molecule has 4 rings (SSSR count). The Morgan fingerprint density at radius 1 is 1.00 bits per heavy atom. The Kier molecular flexibility index (Phi) is 5.62. The van der Waals surface area contributed by atoms with Gasteiger partial charge in [-0.2, -0.15) is 0 Å². The summed E-state index contributed by atoms with van der Waals surface area (Å²) in [4.78, 5) is 3.24. The minimum absolute atomic E-state index is 0.0454. The van der Waals surface area contributed by atoms with Crippen molar-refractivity contribution in [3.05, 3.63) is 105 Å². The van der Waals surface area contributed by atoms with E-state index in [-0.39, 0.29) is 16.7 Å². The molecule has 0 amide bonds. The van der Waals surface area contributed by atoms with E-state index in [1.165, 1.54) is 12.3 Å². The molecule has 0 fully saturated rings. The zero-order chi connectivity index (χ0) is 21.5. The third-order valence-corrected chi connectivity index (χ3v) is 6.42. The molecule has 3 aromatic carbocycles. The molecule has 4 aromatic rings. The van der Waals surface area contributed by atoms with Crippen molar-refractivity contribution in [1.82, 2.24) is 4.98 Å². The number of nitrogens with one attached hydrogen (secondary N) is 1. The highest BCUT2D eigenvalue weighted by Crippen LogP contribution is 2.38. The molecule has 0 aliphatic carbocycles. The van der Waals surface area contributed by atoms with Crippen LogP contribution in [0.3, 0.4) is 0 Å². The molecule has 1 unspecified atom stereocenters. The summed E-state index contributed by atoms with van der Waals surface area (Å²) in [6.07, 6.45) is 3.08. The lowest BCUT2D eigenvalue weighted by molar-refractivity contribution is 0.601. The SMILES string of the molecule is CS(=O)(=O)Cc1cccc2c(C(c3ccc(Cl)cc3)c3ccc(F)c(Cl)c3)c[nH]c12. The van der Waals surface area contributed by atoms with Gasteiger partial charge < -0.3 is 4.98 Å². The number of benzene rings is 3. The van der Waals surface area contributed by atoms with E-state index in [0.29, 0.717) is 10.6 Å². The van der Waals surface area contributed by atoms with E-state index < -0.39 is 15.7 Å². The molecule has 1 aromatic heterocycles. The quantitative estimate of drug-likeness (QED) is 0.376. The summed E-state index contributed by atoms with van der Waals surface area (Å²) in [6.45, 7) is 0. The molecule has 1 heterocycles. The number of aromatic amines is 1. The van der Waals surface area contributed by atoms with Gasteiger partial charge in [0.2, 0.25) is 0 Å². The standard InChI is InChI=1S/C23H18Cl2FNO2S/c1-30(28,29)13-16-3-2-4-18-19(12-27-23(16)18)22(14-5-8-17(24)9-6-14)15-7-10-21(26)20(25)11-15/h2-12,22,27H,13H2,1H3. The summed E-state index contributed by atoms with van der Waals surface area (Å²) in [5, 5.41) is 1.56. The third kappa shape index (κ3) is 4.24. The van der Waals surface area contributed by atoms with E-state index in [0.717, 1.165) is 27.6 Å². The minimum Gasteiger partial charge on any atom is -0.361 e. The normalized spacial score (nSPS) is 12.9. The fourth-order valence-electron chi connectivity index (χ4n) is 3.78. The lowest BCUT2D eigenvalue weighted by Gasteiger charge is -2.19. The van der Waals surface area contributed by atoms with Crippen LogP contribution in [0.4, 0.5) is 4.39 Å². The van der Waals surface area contributed by atoms with Crippen LogP contribution in [-0.2, 0) is 15.6 Å². The Morgan fingerprint density at radius 2 is 1.70 bits per heavy atom. The third-order valence-electron chi connectivity index (χ3n) is 5.04. The molecule has 7 heteroatoms. The van der Waals surface area contributed by atoms with Crippen LogP contribution in [0.5, 0.6) is 0 Å². The number of fused-ring (bicyclic) bond motifs is 1. The van der Waals surface area contributed by atoms with Crippen LogP contribution in [-0.4, -0.2) is 19.7 Å². The van der Waals surface area contributed by atoms with Gasteiger partial charge in [0.05, 0.1) is 10.8 Å². The Balaban J connectivity index is 1.93. The van der Waals surface area contributed by atoms with E-state index >= 15 is 0 Å². The number of H-pyrrole nitrogens is 1. The Hall–Kier alpha value is -2.34. The number of halogens is 3. The monoisotopic (exact) mass is 461 g/mol. The topological polar surface area (TPSA) is 49.9 Å². The van der Waals surface area contributed by atoms with Crippen molar-refractivity contribution >= 4 is 43.9 Å². The first kappa shape index (κ1) is 20.9. The van der Waals surface area contributed by atoms with E-state index in [1.807, 2.05) is 30.5 Å². The van der Waals surface area contributed by atoms with E-state index in [1.54, 1.807) is 30.3 Å². The number of para-hydroxylation sites is 1. The molecule has 0 spiro atoms. The molecule has 1 N–H and O–H groups in total. The van der Waals surface area contributed by atoms with E-state index in [9.17, 15) is 12.8 Å². The maximum absolute atomic E-state index is 13.8. The predicted molar refractivity (Wildman–Crippen MR) is 121 cm³/mol. The molecule has 0 radical (unpaired) electrons. The molecule has 0 saturated carbocycles. The molecule has 0 aliphatic rings. The van der Waals surface area contributed by atoms with Gasteiger partial charge in [-0.05, 0) is 46.5 Å². The highest BCUT2D eigenvalue weighted by Gasteiger charge is 2.22. The molecule has 3 nitrogen and oxygen atoms in total. The van der Waals surface area contributed by atoms with Crippen molar-refractivity contribution in [1.29, 1.82) is 0 Å².